The lowest BCUT2D eigenvalue weighted by Gasteiger charge is -2.20. The maximum atomic E-state index is 12.9. The summed E-state index contributed by atoms with van der Waals surface area (Å²) in [7, 11) is 3.14. The van der Waals surface area contributed by atoms with E-state index in [1.54, 1.807) is 37.4 Å². The average Bonchev–Trinajstić information content (AvgIpc) is 3.21. The minimum atomic E-state index is -0.265. The van der Waals surface area contributed by atoms with Gasteiger partial charge in [0, 0.05) is 11.1 Å². The second-order valence-electron chi connectivity index (χ2n) is 6.06. The Morgan fingerprint density at radius 3 is 2.37 bits per heavy atom. The molecule has 0 fully saturated rings. The van der Waals surface area contributed by atoms with Gasteiger partial charge in [0.1, 0.15) is 24.2 Å². The first kappa shape index (κ1) is 18.4. The second-order valence-corrected chi connectivity index (χ2v) is 6.06. The number of aromatic nitrogens is 3. The monoisotopic (exact) mass is 366 g/mol. The van der Waals surface area contributed by atoms with Crippen LogP contribution < -0.4 is 14.8 Å². The number of ether oxygens (including phenoxy) is 2. The Balaban J connectivity index is 1.88. The average molecular weight is 366 g/mol. The van der Waals surface area contributed by atoms with Gasteiger partial charge in [-0.25, -0.2) is 4.98 Å². The number of carbonyl (C=O) groups excluding carboxylic acids is 1. The van der Waals surface area contributed by atoms with Gasteiger partial charge in [0.25, 0.3) is 5.91 Å². The predicted octanol–water partition coefficient (Wildman–Crippen LogP) is 2.78. The molecule has 0 aliphatic rings. The number of carbonyl (C=O) groups is 1. The SMILES string of the molecule is COc1cc(C(=O)NC(Cn2cncn2)c2ccccc2)cc(OC)c1C. The highest BCUT2D eigenvalue weighted by molar-refractivity contribution is 5.95. The molecule has 3 aromatic rings. The molecule has 2 aromatic carbocycles. The van der Waals surface area contributed by atoms with Gasteiger partial charge in [-0.1, -0.05) is 30.3 Å². The first-order chi connectivity index (χ1) is 13.1. The van der Waals surface area contributed by atoms with Crippen molar-refractivity contribution in [3.05, 3.63) is 71.8 Å². The van der Waals surface area contributed by atoms with Crippen LogP contribution in [0.4, 0.5) is 0 Å². The molecular weight excluding hydrogens is 344 g/mol. The molecule has 1 unspecified atom stereocenters. The molecule has 0 aliphatic heterocycles. The summed E-state index contributed by atoms with van der Waals surface area (Å²) < 4.78 is 12.4. The van der Waals surface area contributed by atoms with Crippen molar-refractivity contribution in [2.24, 2.45) is 0 Å². The van der Waals surface area contributed by atoms with Crippen LogP contribution >= 0.6 is 0 Å². The van der Waals surface area contributed by atoms with E-state index in [0.29, 0.717) is 23.6 Å². The van der Waals surface area contributed by atoms with Crippen LogP contribution in [0, 0.1) is 6.92 Å². The molecule has 1 heterocycles. The third-order valence-electron chi connectivity index (χ3n) is 4.36. The number of hydrogen-bond acceptors (Lipinski definition) is 5. The Morgan fingerprint density at radius 1 is 1.15 bits per heavy atom. The number of nitrogens with one attached hydrogen (secondary N) is 1. The fraction of sp³-hybridized carbons (Fsp3) is 0.250. The molecule has 27 heavy (non-hydrogen) atoms. The van der Waals surface area contributed by atoms with E-state index in [9.17, 15) is 4.79 Å². The topological polar surface area (TPSA) is 78.3 Å². The standard InChI is InChI=1S/C20H22N4O3/c1-14-18(26-2)9-16(10-19(14)27-3)20(25)23-17(11-24-13-21-12-22-24)15-7-5-4-6-8-15/h4-10,12-13,17H,11H2,1-3H3,(H,23,25). The van der Waals surface area contributed by atoms with Gasteiger partial charge in [-0.15, -0.1) is 0 Å². The van der Waals surface area contributed by atoms with Crippen LogP contribution in [0.5, 0.6) is 11.5 Å². The summed E-state index contributed by atoms with van der Waals surface area (Å²) in [6, 6.07) is 12.9. The molecule has 1 amide bonds. The number of hydrogen-bond donors (Lipinski definition) is 1. The summed E-state index contributed by atoms with van der Waals surface area (Å²) in [5, 5.41) is 7.21. The molecule has 0 radical (unpaired) electrons. The van der Waals surface area contributed by atoms with E-state index in [1.165, 1.54) is 6.33 Å². The zero-order valence-corrected chi connectivity index (χ0v) is 15.5. The Bertz CT molecular complexity index is 870. The molecule has 0 aliphatic carbocycles. The summed E-state index contributed by atoms with van der Waals surface area (Å²) >= 11 is 0. The highest BCUT2D eigenvalue weighted by Gasteiger charge is 2.19. The molecule has 0 saturated heterocycles. The van der Waals surface area contributed by atoms with E-state index in [2.05, 4.69) is 15.4 Å². The third kappa shape index (κ3) is 4.25. The fourth-order valence-electron chi connectivity index (χ4n) is 2.89. The van der Waals surface area contributed by atoms with Gasteiger partial charge in [-0.05, 0) is 24.6 Å². The molecule has 0 saturated carbocycles. The summed E-state index contributed by atoms with van der Waals surface area (Å²) in [6.07, 6.45) is 3.10. The van der Waals surface area contributed by atoms with Gasteiger partial charge in [-0.2, -0.15) is 5.10 Å². The highest BCUT2D eigenvalue weighted by Crippen LogP contribution is 2.29. The van der Waals surface area contributed by atoms with Crippen molar-refractivity contribution in [2.45, 2.75) is 19.5 Å². The Morgan fingerprint density at radius 2 is 1.81 bits per heavy atom. The van der Waals surface area contributed by atoms with Crippen molar-refractivity contribution in [1.29, 1.82) is 0 Å². The number of nitrogens with zero attached hydrogens (tertiary/aromatic N) is 3. The molecule has 0 bridgehead atoms. The van der Waals surface area contributed by atoms with Gasteiger partial charge in [-0.3, -0.25) is 9.48 Å². The number of amides is 1. The Labute approximate surface area is 158 Å². The van der Waals surface area contributed by atoms with Gasteiger partial charge in [0.15, 0.2) is 0 Å². The second kappa shape index (κ2) is 8.35. The third-order valence-corrected chi connectivity index (χ3v) is 4.36. The highest BCUT2D eigenvalue weighted by atomic mass is 16.5. The Hall–Kier alpha value is -3.35. The lowest BCUT2D eigenvalue weighted by molar-refractivity contribution is 0.0931. The molecule has 7 heteroatoms. The zero-order valence-electron chi connectivity index (χ0n) is 15.5. The normalized spacial score (nSPS) is 11.7. The van der Waals surface area contributed by atoms with Gasteiger partial charge in [0.05, 0.1) is 26.8 Å². The van der Waals surface area contributed by atoms with Crippen LogP contribution in [0.25, 0.3) is 0 Å². The van der Waals surface area contributed by atoms with E-state index < -0.39 is 0 Å². The molecule has 140 valence electrons. The van der Waals surface area contributed by atoms with Crippen molar-refractivity contribution in [2.75, 3.05) is 14.2 Å². The van der Waals surface area contributed by atoms with Crippen LogP contribution in [0.2, 0.25) is 0 Å². The minimum Gasteiger partial charge on any atom is -0.496 e. The largest absolute Gasteiger partial charge is 0.496 e. The molecule has 7 nitrogen and oxygen atoms in total. The number of methoxy groups -OCH3 is 2. The maximum absolute atomic E-state index is 12.9. The predicted molar refractivity (Wildman–Crippen MR) is 101 cm³/mol. The molecule has 1 atom stereocenters. The van der Waals surface area contributed by atoms with Crippen LogP contribution in [-0.4, -0.2) is 34.9 Å². The van der Waals surface area contributed by atoms with Crippen molar-refractivity contribution in [3.8, 4) is 11.5 Å². The van der Waals surface area contributed by atoms with E-state index >= 15 is 0 Å². The van der Waals surface area contributed by atoms with Gasteiger partial charge in [0.2, 0.25) is 0 Å². The van der Waals surface area contributed by atoms with Crippen LogP contribution in [0.15, 0.2) is 55.1 Å². The summed E-state index contributed by atoms with van der Waals surface area (Å²) in [5.41, 5.74) is 2.29. The van der Waals surface area contributed by atoms with E-state index in [4.69, 9.17) is 9.47 Å². The van der Waals surface area contributed by atoms with Crippen molar-refractivity contribution in [1.82, 2.24) is 20.1 Å². The van der Waals surface area contributed by atoms with Gasteiger partial charge >= 0.3 is 0 Å². The van der Waals surface area contributed by atoms with E-state index in [-0.39, 0.29) is 11.9 Å². The first-order valence-corrected chi connectivity index (χ1v) is 8.53. The van der Waals surface area contributed by atoms with E-state index in [1.807, 2.05) is 37.3 Å². The maximum Gasteiger partial charge on any atom is 0.252 e. The van der Waals surface area contributed by atoms with Gasteiger partial charge < -0.3 is 14.8 Å². The zero-order chi connectivity index (χ0) is 19.2. The van der Waals surface area contributed by atoms with E-state index in [0.717, 1.165) is 11.1 Å². The summed E-state index contributed by atoms with van der Waals surface area (Å²) in [6.45, 7) is 2.35. The number of benzene rings is 2. The van der Waals surface area contributed by atoms with Crippen molar-refractivity contribution >= 4 is 5.91 Å². The minimum absolute atomic E-state index is 0.222. The summed E-state index contributed by atoms with van der Waals surface area (Å²) in [5.74, 6) is 0.986. The lowest BCUT2D eigenvalue weighted by Crippen LogP contribution is -2.31. The van der Waals surface area contributed by atoms with Crippen LogP contribution in [-0.2, 0) is 6.54 Å². The smallest absolute Gasteiger partial charge is 0.252 e. The Kier molecular flexibility index (Phi) is 5.71. The van der Waals surface area contributed by atoms with Crippen LogP contribution in [0.3, 0.4) is 0 Å². The molecule has 3 rings (SSSR count). The van der Waals surface area contributed by atoms with Crippen molar-refractivity contribution < 1.29 is 14.3 Å². The quantitative estimate of drug-likeness (QED) is 0.696. The fourth-order valence-corrected chi connectivity index (χ4v) is 2.89. The molecule has 1 N–H and O–H groups in total. The molecular formula is C20H22N4O3. The first-order valence-electron chi connectivity index (χ1n) is 8.53. The van der Waals surface area contributed by atoms with Crippen molar-refractivity contribution in [3.63, 3.8) is 0 Å². The molecule has 1 aromatic heterocycles. The number of rotatable bonds is 7. The van der Waals surface area contributed by atoms with Crippen LogP contribution in [0.1, 0.15) is 27.5 Å². The summed E-state index contributed by atoms with van der Waals surface area (Å²) in [4.78, 5) is 16.9. The lowest BCUT2D eigenvalue weighted by atomic mass is 10.1. The molecule has 0 spiro atoms.